The second kappa shape index (κ2) is 7.51. The number of halogens is 1. The maximum Gasteiger partial charge on any atom is 0.342 e. The van der Waals surface area contributed by atoms with Crippen LogP contribution in [0.3, 0.4) is 0 Å². The lowest BCUT2D eigenvalue weighted by molar-refractivity contribution is 0.0679. The third kappa shape index (κ3) is 3.37. The highest BCUT2D eigenvalue weighted by atomic mass is 19.1. The predicted octanol–water partition coefficient (Wildman–Crippen LogP) is 2.52. The van der Waals surface area contributed by atoms with Gasteiger partial charge in [0.25, 0.3) is 5.56 Å². The molecule has 0 saturated heterocycles. The van der Waals surface area contributed by atoms with Crippen molar-refractivity contribution in [1.29, 1.82) is 0 Å². The van der Waals surface area contributed by atoms with Gasteiger partial charge in [-0.3, -0.25) is 4.79 Å². The fourth-order valence-corrected chi connectivity index (χ4v) is 3.12. The van der Waals surface area contributed by atoms with E-state index in [2.05, 4.69) is 0 Å². The number of carboxylic acid groups (broad SMARTS) is 3. The molecule has 0 unspecified atom stereocenters. The Bertz CT molecular complexity index is 1280. The van der Waals surface area contributed by atoms with Crippen LogP contribution in [0.2, 0.25) is 0 Å². The molecule has 30 heavy (non-hydrogen) atoms. The monoisotopic (exact) mass is 412 g/mol. The van der Waals surface area contributed by atoms with Crippen LogP contribution in [0.15, 0.2) is 47.3 Å². The molecule has 0 radical (unpaired) electrons. The van der Waals surface area contributed by atoms with Crippen LogP contribution in [0.4, 0.5) is 10.2 Å². The van der Waals surface area contributed by atoms with Crippen LogP contribution in [0.1, 0.15) is 31.1 Å². The maximum absolute atomic E-state index is 14.2. The average Bonchev–Trinajstić information content (AvgIpc) is 2.66. The zero-order valence-corrected chi connectivity index (χ0v) is 15.0. The first-order valence-corrected chi connectivity index (χ1v) is 8.28. The number of pyridine rings is 1. The fourth-order valence-electron chi connectivity index (χ4n) is 3.12. The van der Waals surface area contributed by atoms with E-state index in [1.165, 1.54) is 30.3 Å². The molecule has 0 aliphatic rings. The molecule has 0 atom stereocenters. The van der Waals surface area contributed by atoms with Gasteiger partial charge in [-0.1, -0.05) is 30.3 Å². The maximum atomic E-state index is 14.2. The number of nitrogen functional groups attached to an aromatic ring is 1. The summed E-state index contributed by atoms with van der Waals surface area (Å²) in [5.41, 5.74) is 2.32. The summed E-state index contributed by atoms with van der Waals surface area (Å²) in [7, 11) is 0. The van der Waals surface area contributed by atoms with Gasteiger partial charge in [-0.05, 0) is 28.8 Å². The van der Waals surface area contributed by atoms with Crippen LogP contribution in [-0.2, 0) is 0 Å². The highest BCUT2D eigenvalue weighted by Gasteiger charge is 2.28. The fraction of sp³-hybridized carbons (Fsp3) is 0. The Hall–Kier alpha value is -4.47. The van der Waals surface area contributed by atoms with E-state index < -0.39 is 57.4 Å². The number of aromatic amines is 1. The van der Waals surface area contributed by atoms with Crippen molar-refractivity contribution in [2.24, 2.45) is 0 Å². The van der Waals surface area contributed by atoms with Crippen LogP contribution in [-0.4, -0.2) is 38.2 Å². The first kappa shape index (κ1) is 20.3. The van der Waals surface area contributed by atoms with Gasteiger partial charge in [-0.15, -0.1) is 0 Å². The molecule has 6 N–H and O–H groups in total. The summed E-state index contributed by atoms with van der Waals surface area (Å²) in [4.78, 5) is 48.8. The number of hydrogen-bond donors (Lipinski definition) is 5. The minimum Gasteiger partial charge on any atom is -0.478 e. The van der Waals surface area contributed by atoms with Gasteiger partial charge >= 0.3 is 17.9 Å². The zero-order valence-electron chi connectivity index (χ0n) is 15.0. The molecule has 10 heteroatoms. The van der Waals surface area contributed by atoms with Crippen molar-refractivity contribution in [3.05, 3.63) is 75.3 Å². The van der Waals surface area contributed by atoms with Gasteiger partial charge in [0.2, 0.25) is 0 Å². The van der Waals surface area contributed by atoms with Crippen LogP contribution in [0.5, 0.6) is 0 Å². The second-order valence-corrected chi connectivity index (χ2v) is 6.15. The van der Waals surface area contributed by atoms with E-state index in [9.17, 15) is 33.8 Å². The van der Waals surface area contributed by atoms with Crippen molar-refractivity contribution in [2.45, 2.75) is 0 Å². The molecule has 0 spiro atoms. The van der Waals surface area contributed by atoms with E-state index >= 15 is 0 Å². The second-order valence-electron chi connectivity index (χ2n) is 6.15. The van der Waals surface area contributed by atoms with Crippen LogP contribution >= 0.6 is 0 Å². The van der Waals surface area contributed by atoms with E-state index in [0.29, 0.717) is 0 Å². The first-order valence-electron chi connectivity index (χ1n) is 8.28. The van der Waals surface area contributed by atoms with Gasteiger partial charge in [-0.2, -0.15) is 0 Å². The van der Waals surface area contributed by atoms with Gasteiger partial charge < -0.3 is 26.0 Å². The summed E-state index contributed by atoms with van der Waals surface area (Å²) in [6.07, 6.45) is 0. The third-order valence-corrected chi connectivity index (χ3v) is 4.38. The standard InChI is InChI=1S/C20H13FN2O7/c21-12-7-8(5-6-11(12)18(25)26)9-3-1-2-4-10(9)13-14(19(27)28)16(22)23-17(24)15(13)20(29)30/h1-7H,(H,25,26)(H,27,28)(H,29,30)(H3,22,23,24). The first-order chi connectivity index (χ1) is 14.1. The molecule has 9 nitrogen and oxygen atoms in total. The lowest BCUT2D eigenvalue weighted by Crippen LogP contribution is -2.24. The molecule has 0 bridgehead atoms. The Morgan fingerprint density at radius 2 is 1.47 bits per heavy atom. The SMILES string of the molecule is Nc1[nH]c(=O)c(C(=O)O)c(-c2ccccc2-c2ccc(C(=O)O)c(F)c2)c1C(=O)O. The quantitative estimate of drug-likeness (QED) is 0.425. The molecule has 152 valence electrons. The molecule has 3 aromatic rings. The van der Waals surface area contributed by atoms with Crippen molar-refractivity contribution in [3.63, 3.8) is 0 Å². The van der Waals surface area contributed by atoms with Crippen molar-refractivity contribution < 1.29 is 34.1 Å². The van der Waals surface area contributed by atoms with Crippen molar-refractivity contribution in [2.75, 3.05) is 5.73 Å². The Kier molecular flexibility index (Phi) is 5.07. The summed E-state index contributed by atoms with van der Waals surface area (Å²) in [6, 6.07) is 9.01. The van der Waals surface area contributed by atoms with E-state index in [0.717, 1.165) is 12.1 Å². The normalized spacial score (nSPS) is 10.6. The molecule has 0 fully saturated rings. The molecule has 2 aromatic carbocycles. The number of aromatic carboxylic acids is 3. The lowest BCUT2D eigenvalue weighted by Gasteiger charge is -2.16. The molecule has 0 aliphatic carbocycles. The topological polar surface area (TPSA) is 171 Å². The molecule has 3 rings (SSSR count). The lowest BCUT2D eigenvalue weighted by atomic mass is 9.89. The molecule has 1 aromatic heterocycles. The molecule has 1 heterocycles. The molecule has 0 saturated carbocycles. The highest BCUT2D eigenvalue weighted by molar-refractivity contribution is 6.09. The number of carbonyl (C=O) groups is 3. The van der Waals surface area contributed by atoms with E-state index in [1.807, 2.05) is 4.98 Å². The number of rotatable bonds is 5. The molecule has 0 amide bonds. The van der Waals surface area contributed by atoms with E-state index in [1.54, 1.807) is 0 Å². The number of benzene rings is 2. The summed E-state index contributed by atoms with van der Waals surface area (Å²) >= 11 is 0. The third-order valence-electron chi connectivity index (χ3n) is 4.38. The van der Waals surface area contributed by atoms with Crippen molar-refractivity contribution in [3.8, 4) is 22.3 Å². The van der Waals surface area contributed by atoms with Gasteiger partial charge in [0, 0.05) is 5.56 Å². The number of aromatic nitrogens is 1. The summed E-state index contributed by atoms with van der Waals surface area (Å²) in [5, 5.41) is 28.1. The van der Waals surface area contributed by atoms with Gasteiger partial charge in [-0.25, -0.2) is 18.8 Å². The largest absolute Gasteiger partial charge is 0.478 e. The van der Waals surface area contributed by atoms with Crippen LogP contribution in [0, 0.1) is 5.82 Å². The Morgan fingerprint density at radius 3 is 2.00 bits per heavy atom. The van der Waals surface area contributed by atoms with E-state index in [4.69, 9.17) is 10.8 Å². The number of nitrogens with one attached hydrogen (secondary N) is 1. The predicted molar refractivity (Wildman–Crippen MR) is 103 cm³/mol. The van der Waals surface area contributed by atoms with Gasteiger partial charge in [0.1, 0.15) is 22.8 Å². The molecular formula is C20H13FN2O7. The Balaban J connectivity index is 2.42. The zero-order chi connectivity index (χ0) is 22.2. The number of anilines is 1. The summed E-state index contributed by atoms with van der Waals surface area (Å²) in [6.45, 7) is 0. The number of carboxylic acids is 3. The minimum atomic E-state index is -1.68. The summed E-state index contributed by atoms with van der Waals surface area (Å²) in [5.74, 6) is -6.33. The van der Waals surface area contributed by atoms with Crippen LogP contribution in [0.25, 0.3) is 22.3 Å². The summed E-state index contributed by atoms with van der Waals surface area (Å²) < 4.78 is 14.2. The van der Waals surface area contributed by atoms with E-state index in [-0.39, 0.29) is 16.7 Å². The van der Waals surface area contributed by atoms with Gasteiger partial charge in [0.15, 0.2) is 0 Å². The van der Waals surface area contributed by atoms with Crippen LogP contribution < -0.4 is 11.3 Å². The minimum absolute atomic E-state index is 0.00687. The van der Waals surface area contributed by atoms with Crippen molar-refractivity contribution >= 4 is 23.7 Å². The molecule has 0 aliphatic heterocycles. The Labute approximate surface area is 166 Å². The Morgan fingerprint density at radius 1 is 0.867 bits per heavy atom. The van der Waals surface area contributed by atoms with Gasteiger partial charge in [0.05, 0.1) is 5.56 Å². The smallest absolute Gasteiger partial charge is 0.342 e. The number of H-pyrrole nitrogens is 1. The molecular weight excluding hydrogens is 399 g/mol. The number of hydrogen-bond acceptors (Lipinski definition) is 5. The number of nitrogens with two attached hydrogens (primary N) is 1. The van der Waals surface area contributed by atoms with Crippen molar-refractivity contribution in [1.82, 2.24) is 4.98 Å². The highest BCUT2D eigenvalue weighted by Crippen LogP contribution is 2.37. The average molecular weight is 412 g/mol.